The largest absolute Gasteiger partial charge is 0.387 e. The number of carbonyl (C=O) groups is 1. The summed E-state index contributed by atoms with van der Waals surface area (Å²) in [6.45, 7) is 6.72. The SMILES string of the molecule is CCO[C@H]1C[C@](O)(CNC(=O)c2cnn(C)c2)C1(C)C. The highest BCUT2D eigenvalue weighted by Crippen LogP contribution is 2.50. The molecule has 6 nitrogen and oxygen atoms in total. The lowest BCUT2D eigenvalue weighted by molar-refractivity contribution is -0.237. The Morgan fingerprint density at radius 1 is 1.65 bits per heavy atom. The minimum atomic E-state index is -0.926. The molecule has 1 aliphatic carbocycles. The smallest absolute Gasteiger partial charge is 0.254 e. The van der Waals surface area contributed by atoms with Gasteiger partial charge in [0.05, 0.1) is 23.5 Å². The molecule has 0 aliphatic heterocycles. The van der Waals surface area contributed by atoms with Gasteiger partial charge in [0, 0.05) is 38.2 Å². The van der Waals surface area contributed by atoms with E-state index >= 15 is 0 Å². The first kappa shape index (κ1) is 15.0. The third-order valence-electron chi connectivity index (χ3n) is 4.40. The van der Waals surface area contributed by atoms with Gasteiger partial charge in [0.15, 0.2) is 0 Å². The molecule has 0 aromatic carbocycles. The van der Waals surface area contributed by atoms with E-state index in [1.807, 2.05) is 20.8 Å². The molecule has 1 aromatic rings. The van der Waals surface area contributed by atoms with Crippen LogP contribution in [0.4, 0.5) is 0 Å². The van der Waals surface area contributed by atoms with Crippen LogP contribution in [-0.2, 0) is 11.8 Å². The fourth-order valence-electron chi connectivity index (χ4n) is 2.63. The number of aryl methyl sites for hydroxylation is 1. The molecule has 1 fully saturated rings. The van der Waals surface area contributed by atoms with Crippen LogP contribution in [0.15, 0.2) is 12.4 Å². The van der Waals surface area contributed by atoms with Crippen molar-refractivity contribution in [2.45, 2.75) is 38.9 Å². The maximum absolute atomic E-state index is 12.0. The van der Waals surface area contributed by atoms with Crippen molar-refractivity contribution in [1.29, 1.82) is 0 Å². The topological polar surface area (TPSA) is 76.4 Å². The summed E-state index contributed by atoms with van der Waals surface area (Å²) in [6, 6.07) is 0. The average Bonchev–Trinajstić information content (AvgIpc) is 2.82. The first-order valence-corrected chi connectivity index (χ1v) is 6.91. The van der Waals surface area contributed by atoms with Crippen LogP contribution in [0, 0.1) is 5.41 Å². The molecule has 0 spiro atoms. The van der Waals surface area contributed by atoms with Crippen molar-refractivity contribution in [2.24, 2.45) is 12.5 Å². The lowest BCUT2D eigenvalue weighted by atomic mass is 9.56. The predicted molar refractivity (Wildman–Crippen MR) is 74.3 cm³/mol. The van der Waals surface area contributed by atoms with Gasteiger partial charge >= 0.3 is 0 Å². The number of amides is 1. The van der Waals surface area contributed by atoms with Gasteiger partial charge in [0.25, 0.3) is 5.91 Å². The molecule has 112 valence electrons. The quantitative estimate of drug-likeness (QED) is 0.833. The summed E-state index contributed by atoms with van der Waals surface area (Å²) in [6.07, 6.45) is 3.73. The van der Waals surface area contributed by atoms with Gasteiger partial charge in [-0.05, 0) is 6.92 Å². The molecule has 1 aliphatic rings. The summed E-state index contributed by atoms with van der Waals surface area (Å²) in [4.78, 5) is 12.0. The van der Waals surface area contributed by atoms with Crippen molar-refractivity contribution in [1.82, 2.24) is 15.1 Å². The van der Waals surface area contributed by atoms with Crippen LogP contribution >= 0.6 is 0 Å². The maximum Gasteiger partial charge on any atom is 0.254 e. The molecule has 0 unspecified atom stereocenters. The minimum Gasteiger partial charge on any atom is -0.387 e. The number of nitrogens with zero attached hydrogens (tertiary/aromatic N) is 2. The van der Waals surface area contributed by atoms with Crippen molar-refractivity contribution in [3.8, 4) is 0 Å². The number of hydrogen-bond donors (Lipinski definition) is 2. The van der Waals surface area contributed by atoms with E-state index in [0.717, 1.165) is 0 Å². The summed E-state index contributed by atoms with van der Waals surface area (Å²) < 4.78 is 7.17. The molecule has 2 atom stereocenters. The van der Waals surface area contributed by atoms with E-state index in [1.165, 1.54) is 6.20 Å². The van der Waals surface area contributed by atoms with Crippen LogP contribution in [0.1, 0.15) is 37.6 Å². The molecule has 20 heavy (non-hydrogen) atoms. The Labute approximate surface area is 119 Å². The third-order valence-corrected chi connectivity index (χ3v) is 4.40. The standard InChI is InChI=1S/C14H23N3O3/c1-5-20-11-6-14(19,13(11,2)3)9-15-12(18)10-7-16-17(4)8-10/h7-8,11,19H,5-6,9H2,1-4H3,(H,15,18)/t11-,14-/m0/s1. The highest BCUT2D eigenvalue weighted by atomic mass is 16.5. The predicted octanol–water partition coefficient (Wildman–Crippen LogP) is 0.716. The molecule has 1 heterocycles. The zero-order valence-corrected chi connectivity index (χ0v) is 12.5. The molecule has 1 amide bonds. The zero-order chi connectivity index (χ0) is 15.0. The molecule has 1 aromatic heterocycles. The van der Waals surface area contributed by atoms with E-state index in [9.17, 15) is 9.90 Å². The molecule has 0 radical (unpaired) electrons. The van der Waals surface area contributed by atoms with Crippen LogP contribution in [0.3, 0.4) is 0 Å². The second-order valence-electron chi connectivity index (χ2n) is 5.99. The van der Waals surface area contributed by atoms with Gasteiger partial charge in [0.2, 0.25) is 0 Å². The zero-order valence-electron chi connectivity index (χ0n) is 12.5. The van der Waals surface area contributed by atoms with Crippen molar-refractivity contribution in [3.63, 3.8) is 0 Å². The summed E-state index contributed by atoms with van der Waals surface area (Å²) in [7, 11) is 1.76. The number of aliphatic hydroxyl groups is 1. The van der Waals surface area contributed by atoms with Crippen molar-refractivity contribution in [2.75, 3.05) is 13.2 Å². The van der Waals surface area contributed by atoms with Crippen molar-refractivity contribution < 1.29 is 14.6 Å². The number of aromatic nitrogens is 2. The van der Waals surface area contributed by atoms with Gasteiger partial charge in [0.1, 0.15) is 0 Å². The fourth-order valence-corrected chi connectivity index (χ4v) is 2.63. The van der Waals surface area contributed by atoms with E-state index in [0.29, 0.717) is 18.6 Å². The van der Waals surface area contributed by atoms with Crippen molar-refractivity contribution >= 4 is 5.91 Å². The second-order valence-corrected chi connectivity index (χ2v) is 5.99. The number of ether oxygens (including phenoxy) is 1. The van der Waals surface area contributed by atoms with Crippen molar-refractivity contribution in [3.05, 3.63) is 18.0 Å². The van der Waals surface area contributed by atoms with E-state index in [1.54, 1.807) is 17.9 Å². The summed E-state index contributed by atoms with van der Waals surface area (Å²) in [5.41, 5.74) is -0.801. The number of hydrogen-bond acceptors (Lipinski definition) is 4. The van der Waals surface area contributed by atoms with Gasteiger partial charge in [-0.2, -0.15) is 5.10 Å². The number of nitrogens with one attached hydrogen (secondary N) is 1. The first-order valence-electron chi connectivity index (χ1n) is 6.91. The number of rotatable bonds is 5. The van der Waals surface area contributed by atoms with E-state index in [2.05, 4.69) is 10.4 Å². The summed E-state index contributed by atoms with van der Waals surface area (Å²) in [5, 5.41) is 17.4. The highest BCUT2D eigenvalue weighted by Gasteiger charge is 2.59. The molecular weight excluding hydrogens is 258 g/mol. The van der Waals surface area contributed by atoms with Crippen LogP contribution in [0.5, 0.6) is 0 Å². The lowest BCUT2D eigenvalue weighted by Gasteiger charge is -2.57. The molecule has 2 N–H and O–H groups in total. The van der Waals surface area contributed by atoms with Gasteiger partial charge in [-0.1, -0.05) is 13.8 Å². The summed E-state index contributed by atoms with van der Waals surface area (Å²) >= 11 is 0. The monoisotopic (exact) mass is 281 g/mol. The molecular formula is C14H23N3O3. The second kappa shape index (κ2) is 5.18. The Morgan fingerprint density at radius 3 is 2.85 bits per heavy atom. The molecule has 2 rings (SSSR count). The van der Waals surface area contributed by atoms with Gasteiger partial charge in [-0.25, -0.2) is 0 Å². The van der Waals surface area contributed by atoms with E-state index < -0.39 is 5.60 Å². The van der Waals surface area contributed by atoms with E-state index in [4.69, 9.17) is 4.74 Å². The average molecular weight is 281 g/mol. The molecule has 0 bridgehead atoms. The molecule has 0 saturated heterocycles. The fraction of sp³-hybridized carbons (Fsp3) is 0.714. The van der Waals surface area contributed by atoms with E-state index in [-0.39, 0.29) is 24.0 Å². The molecule has 1 saturated carbocycles. The van der Waals surface area contributed by atoms with Crippen LogP contribution in [-0.4, -0.2) is 45.7 Å². The minimum absolute atomic E-state index is 0.0350. The van der Waals surface area contributed by atoms with Crippen LogP contribution < -0.4 is 5.32 Å². The Balaban J connectivity index is 1.93. The molecule has 6 heteroatoms. The Bertz CT molecular complexity index is 498. The van der Waals surface area contributed by atoms with Gasteiger partial charge in [-0.15, -0.1) is 0 Å². The van der Waals surface area contributed by atoms with Gasteiger partial charge in [-0.3, -0.25) is 9.48 Å². The Kier molecular flexibility index (Phi) is 3.88. The van der Waals surface area contributed by atoms with Gasteiger partial charge < -0.3 is 15.2 Å². The maximum atomic E-state index is 12.0. The highest BCUT2D eigenvalue weighted by molar-refractivity contribution is 5.93. The Hall–Kier alpha value is -1.40. The summed E-state index contributed by atoms with van der Waals surface area (Å²) in [5.74, 6) is -0.220. The third kappa shape index (κ3) is 2.45. The van der Waals surface area contributed by atoms with Crippen LogP contribution in [0.2, 0.25) is 0 Å². The normalized spacial score (nSPS) is 27.9. The lowest BCUT2D eigenvalue weighted by Crippen LogP contribution is -2.68. The number of carbonyl (C=O) groups excluding carboxylic acids is 1. The Morgan fingerprint density at radius 2 is 2.35 bits per heavy atom. The van der Waals surface area contributed by atoms with Crippen LogP contribution in [0.25, 0.3) is 0 Å². The first-order chi connectivity index (χ1) is 9.30.